The molecule has 0 radical (unpaired) electrons. The number of rotatable bonds is 3. The third-order valence-corrected chi connectivity index (χ3v) is 3.99. The summed E-state index contributed by atoms with van der Waals surface area (Å²) in [5.41, 5.74) is 6.53. The van der Waals surface area contributed by atoms with Crippen LogP contribution in [0.3, 0.4) is 0 Å². The summed E-state index contributed by atoms with van der Waals surface area (Å²) in [4.78, 5) is 11.3. The lowest BCUT2D eigenvalue weighted by Crippen LogP contribution is -2.31. The number of carbonyl (C=O) groups excluding carboxylic acids is 1. The van der Waals surface area contributed by atoms with Crippen LogP contribution in [0.2, 0.25) is 0 Å². The van der Waals surface area contributed by atoms with Gasteiger partial charge in [0.25, 0.3) is 0 Å². The average molecular weight is 312 g/mol. The number of benzene rings is 2. The maximum Gasteiger partial charge on any atom is 0.240 e. The molecule has 0 bridgehead atoms. The van der Waals surface area contributed by atoms with Crippen LogP contribution in [-0.4, -0.2) is 16.7 Å². The van der Waals surface area contributed by atoms with Gasteiger partial charge in [0.2, 0.25) is 5.91 Å². The number of aliphatic hydroxyl groups is 1. The van der Waals surface area contributed by atoms with E-state index in [-0.39, 0.29) is 24.2 Å². The van der Waals surface area contributed by atoms with Crippen molar-refractivity contribution >= 4 is 11.6 Å². The quantitative estimate of drug-likeness (QED) is 0.915. The highest BCUT2D eigenvalue weighted by Crippen LogP contribution is 2.26. The van der Waals surface area contributed by atoms with Crippen LogP contribution in [0.1, 0.15) is 24.5 Å². The Bertz CT molecular complexity index is 769. The van der Waals surface area contributed by atoms with Crippen molar-refractivity contribution in [3.05, 3.63) is 59.4 Å². The summed E-state index contributed by atoms with van der Waals surface area (Å²) in [6.07, 6.45) is 0.424. The topological polar surface area (TPSA) is 61.7 Å². The van der Waals surface area contributed by atoms with Crippen molar-refractivity contribution in [3.63, 3.8) is 0 Å². The summed E-state index contributed by atoms with van der Waals surface area (Å²) >= 11 is 0. The van der Waals surface area contributed by atoms with Gasteiger partial charge in [0.05, 0.1) is 12.3 Å². The molecule has 1 amide bonds. The second-order valence-corrected chi connectivity index (χ2v) is 5.67. The number of aliphatic hydroxyl groups excluding tert-OH is 1. The first-order valence-corrected chi connectivity index (χ1v) is 7.45. The van der Waals surface area contributed by atoms with Gasteiger partial charge in [0, 0.05) is 12.3 Å². The van der Waals surface area contributed by atoms with Crippen LogP contribution in [0.25, 0.3) is 11.1 Å². The minimum absolute atomic E-state index is 0.0634. The molecule has 0 spiro atoms. The molecule has 1 atom stereocenters. The fourth-order valence-electron chi connectivity index (χ4n) is 2.80. The van der Waals surface area contributed by atoms with Gasteiger partial charge in [-0.05, 0) is 34.4 Å². The maximum atomic E-state index is 13.3. The van der Waals surface area contributed by atoms with Crippen LogP contribution in [0.4, 0.5) is 4.39 Å². The minimum Gasteiger partial charge on any atom is -0.392 e. The zero-order valence-corrected chi connectivity index (χ0v) is 12.7. The Labute approximate surface area is 133 Å². The van der Waals surface area contributed by atoms with E-state index in [0.717, 1.165) is 22.4 Å². The molecule has 2 aromatic rings. The Hall–Kier alpha value is -2.53. The molecule has 5 heteroatoms. The molecule has 2 aromatic carbocycles. The Morgan fingerprint density at radius 1 is 1.22 bits per heavy atom. The molecule has 0 aromatic heterocycles. The molecule has 1 heterocycles. The van der Waals surface area contributed by atoms with Crippen molar-refractivity contribution in [2.24, 2.45) is 11.0 Å². The van der Waals surface area contributed by atoms with Gasteiger partial charge in [0.15, 0.2) is 0 Å². The molecule has 3 rings (SSSR count). The van der Waals surface area contributed by atoms with E-state index < -0.39 is 0 Å². The molecule has 0 saturated heterocycles. The molecule has 4 nitrogen and oxygen atoms in total. The van der Waals surface area contributed by atoms with Gasteiger partial charge in [-0.2, -0.15) is 5.10 Å². The van der Waals surface area contributed by atoms with Crippen LogP contribution >= 0.6 is 0 Å². The molecular weight excluding hydrogens is 295 g/mol. The maximum absolute atomic E-state index is 13.3. The van der Waals surface area contributed by atoms with Gasteiger partial charge in [0.1, 0.15) is 5.82 Å². The van der Waals surface area contributed by atoms with E-state index in [1.165, 1.54) is 12.1 Å². The number of nitrogens with zero attached hydrogens (tertiary/aromatic N) is 1. The van der Waals surface area contributed by atoms with E-state index in [1.54, 1.807) is 6.07 Å². The largest absolute Gasteiger partial charge is 0.392 e. The number of amides is 1. The van der Waals surface area contributed by atoms with Crippen LogP contribution in [0.5, 0.6) is 0 Å². The van der Waals surface area contributed by atoms with Crippen molar-refractivity contribution in [1.82, 2.24) is 5.43 Å². The number of hydrogen-bond acceptors (Lipinski definition) is 3. The number of hydrogen-bond donors (Lipinski definition) is 2. The summed E-state index contributed by atoms with van der Waals surface area (Å²) in [5.74, 6) is -0.374. The van der Waals surface area contributed by atoms with E-state index in [1.807, 2.05) is 31.2 Å². The zero-order valence-electron chi connectivity index (χ0n) is 12.7. The van der Waals surface area contributed by atoms with Gasteiger partial charge in [-0.3, -0.25) is 4.79 Å². The summed E-state index contributed by atoms with van der Waals surface area (Å²) in [6.45, 7) is 1.75. The van der Waals surface area contributed by atoms with Crippen molar-refractivity contribution in [3.8, 4) is 11.1 Å². The number of carbonyl (C=O) groups is 1. The monoisotopic (exact) mass is 312 g/mol. The molecule has 2 N–H and O–H groups in total. The SMILES string of the molecule is C[C@@H]1CC(=O)NN=C1c1ccc(-c2ccc(F)cc2CO)cc1. The summed E-state index contributed by atoms with van der Waals surface area (Å²) in [5, 5.41) is 13.5. The normalized spacial score (nSPS) is 17.6. The van der Waals surface area contributed by atoms with Crippen molar-refractivity contribution in [1.29, 1.82) is 0 Å². The standard InChI is InChI=1S/C18H17FN2O2/c1-11-8-17(23)20-21-18(11)13-4-2-12(3-5-13)16-7-6-15(19)9-14(16)10-22/h2-7,9,11,22H,8,10H2,1H3,(H,20,23)/t11-/m1/s1. The summed E-state index contributed by atoms with van der Waals surface area (Å²) in [6, 6.07) is 12.0. The first-order chi connectivity index (χ1) is 11.1. The zero-order chi connectivity index (χ0) is 16.4. The van der Waals surface area contributed by atoms with E-state index in [0.29, 0.717) is 12.0 Å². The molecule has 1 aliphatic heterocycles. The van der Waals surface area contributed by atoms with E-state index in [2.05, 4.69) is 10.5 Å². The third-order valence-electron chi connectivity index (χ3n) is 3.99. The Balaban J connectivity index is 1.93. The van der Waals surface area contributed by atoms with E-state index in [9.17, 15) is 14.3 Å². The highest BCUT2D eigenvalue weighted by Gasteiger charge is 2.21. The fraction of sp³-hybridized carbons (Fsp3) is 0.222. The summed E-state index contributed by atoms with van der Waals surface area (Å²) < 4.78 is 13.3. The molecule has 0 unspecified atom stereocenters. The van der Waals surface area contributed by atoms with E-state index in [4.69, 9.17) is 0 Å². The molecule has 118 valence electrons. The van der Waals surface area contributed by atoms with Crippen LogP contribution in [-0.2, 0) is 11.4 Å². The Kier molecular flexibility index (Phi) is 4.21. The smallest absolute Gasteiger partial charge is 0.240 e. The summed E-state index contributed by atoms with van der Waals surface area (Å²) in [7, 11) is 0. The van der Waals surface area contributed by atoms with Gasteiger partial charge >= 0.3 is 0 Å². The van der Waals surface area contributed by atoms with Gasteiger partial charge in [-0.15, -0.1) is 0 Å². The predicted molar refractivity (Wildman–Crippen MR) is 86.2 cm³/mol. The molecule has 0 aliphatic carbocycles. The number of halogens is 1. The van der Waals surface area contributed by atoms with Crippen LogP contribution < -0.4 is 5.43 Å². The molecule has 0 fully saturated rings. The lowest BCUT2D eigenvalue weighted by molar-refractivity contribution is -0.121. The fourth-order valence-corrected chi connectivity index (χ4v) is 2.80. The molecular formula is C18H17FN2O2. The lowest BCUT2D eigenvalue weighted by Gasteiger charge is -2.19. The second kappa shape index (κ2) is 6.30. The number of nitrogens with one attached hydrogen (secondary N) is 1. The molecule has 0 saturated carbocycles. The minimum atomic E-state index is -0.365. The molecule has 1 aliphatic rings. The van der Waals surface area contributed by atoms with Crippen LogP contribution in [0, 0.1) is 11.7 Å². The van der Waals surface area contributed by atoms with Gasteiger partial charge in [-0.1, -0.05) is 37.3 Å². The highest BCUT2D eigenvalue weighted by molar-refractivity contribution is 6.05. The first kappa shape index (κ1) is 15.4. The van der Waals surface area contributed by atoms with Crippen molar-refractivity contribution < 1.29 is 14.3 Å². The van der Waals surface area contributed by atoms with E-state index >= 15 is 0 Å². The Morgan fingerprint density at radius 2 is 1.91 bits per heavy atom. The van der Waals surface area contributed by atoms with Crippen LogP contribution in [0.15, 0.2) is 47.6 Å². The van der Waals surface area contributed by atoms with Gasteiger partial charge in [-0.25, -0.2) is 9.82 Å². The van der Waals surface area contributed by atoms with Crippen molar-refractivity contribution in [2.45, 2.75) is 20.0 Å². The predicted octanol–water partition coefficient (Wildman–Crippen LogP) is 2.85. The van der Waals surface area contributed by atoms with Crippen molar-refractivity contribution in [2.75, 3.05) is 0 Å². The number of hydrazone groups is 1. The third kappa shape index (κ3) is 3.14. The average Bonchev–Trinajstić information content (AvgIpc) is 2.55. The second-order valence-electron chi connectivity index (χ2n) is 5.67. The van der Waals surface area contributed by atoms with Gasteiger partial charge < -0.3 is 5.11 Å². The first-order valence-electron chi connectivity index (χ1n) is 7.45. The lowest BCUT2D eigenvalue weighted by atomic mass is 9.92. The molecule has 23 heavy (non-hydrogen) atoms. The Morgan fingerprint density at radius 3 is 2.57 bits per heavy atom. The highest BCUT2D eigenvalue weighted by atomic mass is 19.1.